The molecule has 3 amide bonds. The van der Waals surface area contributed by atoms with Crippen LogP contribution in [0.3, 0.4) is 0 Å². The first kappa shape index (κ1) is 58.8. The van der Waals surface area contributed by atoms with Crippen molar-refractivity contribution in [3.63, 3.8) is 0 Å². The highest BCUT2D eigenvalue weighted by molar-refractivity contribution is 7.13. The molecule has 6 heterocycles. The van der Waals surface area contributed by atoms with E-state index in [1.54, 1.807) is 33.9 Å². The molecular formula is C60H64ClF3N10O8S. The number of aromatic nitrogens is 4. The number of amides is 3. The highest BCUT2D eigenvalue weighted by atomic mass is 35.5. The molecule has 83 heavy (non-hydrogen) atoms. The van der Waals surface area contributed by atoms with E-state index in [9.17, 15) is 34.2 Å². The molecule has 3 N–H and O–H groups in total. The fourth-order valence-electron chi connectivity index (χ4n) is 11.6. The molecule has 6 atom stereocenters. The van der Waals surface area contributed by atoms with Gasteiger partial charge in [0.15, 0.2) is 17.4 Å². The van der Waals surface area contributed by atoms with Crippen molar-refractivity contribution < 1.29 is 51.8 Å². The number of aliphatic hydroxyl groups is 2. The normalized spacial score (nSPS) is 20.6. The van der Waals surface area contributed by atoms with Crippen molar-refractivity contribution in [1.82, 2.24) is 40.1 Å². The van der Waals surface area contributed by atoms with Crippen LogP contribution < -0.4 is 30.1 Å². The molecular weight excluding hydrogens is 1110 g/mol. The molecule has 4 aliphatic rings. The Bertz CT molecular complexity index is 3610. The molecule has 0 radical (unpaired) electrons. The van der Waals surface area contributed by atoms with Gasteiger partial charge in [-0.3, -0.25) is 19.3 Å². The number of β-amino-alcohol motifs (C(OH)–C–C–N with tert-alkyl or cyclic N) is 1. The Balaban J connectivity index is 0.777. The van der Waals surface area contributed by atoms with E-state index < -0.39 is 65.2 Å². The molecule has 0 spiro atoms. The number of thiazole rings is 1. The van der Waals surface area contributed by atoms with Crippen LogP contribution in [0.4, 0.5) is 19.0 Å². The van der Waals surface area contributed by atoms with Gasteiger partial charge in [0.25, 0.3) is 11.8 Å². The summed E-state index contributed by atoms with van der Waals surface area (Å²) in [5.41, 5.74) is 3.31. The van der Waals surface area contributed by atoms with E-state index in [4.69, 9.17) is 30.6 Å². The molecule has 1 aliphatic carbocycles. The number of ether oxygens (including phenoxy) is 2. The van der Waals surface area contributed by atoms with Crippen LogP contribution in [0.5, 0.6) is 11.9 Å². The van der Waals surface area contributed by atoms with Crippen LogP contribution in [0.25, 0.3) is 33.0 Å². The number of aliphatic hydroxyl groups excluding tert-OH is 2. The summed E-state index contributed by atoms with van der Waals surface area (Å²) in [4.78, 5) is 62.0. The highest BCUT2D eigenvalue weighted by Gasteiger charge is 2.44. The van der Waals surface area contributed by atoms with Gasteiger partial charge in [-0.25, -0.2) is 18.2 Å². The van der Waals surface area contributed by atoms with Crippen LogP contribution in [0.2, 0.25) is 5.02 Å². The number of carbonyl (C=O) groups excluding carboxylic acids is 3. The number of piperidine rings is 1. The summed E-state index contributed by atoms with van der Waals surface area (Å²) in [6.07, 6.45) is 0.0696. The fourth-order valence-corrected chi connectivity index (χ4v) is 12.7. The monoisotopic (exact) mass is 1180 g/mol. The van der Waals surface area contributed by atoms with E-state index in [0.29, 0.717) is 35.6 Å². The van der Waals surface area contributed by atoms with Gasteiger partial charge in [-0.05, 0) is 77.0 Å². The van der Waals surface area contributed by atoms with Gasteiger partial charge in [0, 0.05) is 75.7 Å². The minimum Gasteiger partial charge on any atom is -0.472 e. The number of nitrogens with zero attached hydrogens (tertiary/aromatic N) is 9. The lowest BCUT2D eigenvalue weighted by Gasteiger charge is -2.41. The van der Waals surface area contributed by atoms with Gasteiger partial charge in [0.1, 0.15) is 42.2 Å². The second kappa shape index (κ2) is 24.8. The van der Waals surface area contributed by atoms with E-state index >= 15 is 8.78 Å². The Morgan fingerprint density at radius 1 is 1.02 bits per heavy atom. The summed E-state index contributed by atoms with van der Waals surface area (Å²) < 4.78 is 65.6. The van der Waals surface area contributed by atoms with Crippen molar-refractivity contribution in [1.29, 1.82) is 5.26 Å². The first-order chi connectivity index (χ1) is 39.8. The summed E-state index contributed by atoms with van der Waals surface area (Å²) in [5.74, 6) is -4.50. The van der Waals surface area contributed by atoms with Gasteiger partial charge in [0.2, 0.25) is 11.8 Å². The van der Waals surface area contributed by atoms with Gasteiger partial charge in [-0.2, -0.15) is 15.2 Å². The van der Waals surface area contributed by atoms with Gasteiger partial charge in [0.05, 0.1) is 57.9 Å². The molecule has 436 valence electrons. The predicted octanol–water partition coefficient (Wildman–Crippen LogP) is 6.84. The maximum absolute atomic E-state index is 17.3. The molecule has 0 unspecified atom stereocenters. The number of hydrogen-bond acceptors (Lipinski definition) is 16. The Kier molecular flexibility index (Phi) is 17.6. The molecule has 6 aromatic rings. The van der Waals surface area contributed by atoms with Gasteiger partial charge < -0.3 is 44.2 Å². The van der Waals surface area contributed by atoms with Crippen molar-refractivity contribution in [2.45, 2.75) is 102 Å². The third kappa shape index (κ3) is 12.6. The number of rotatable bonds is 18. The van der Waals surface area contributed by atoms with Crippen molar-refractivity contribution in [2.24, 2.45) is 5.92 Å². The first-order valence-electron chi connectivity index (χ1n) is 27.7. The van der Waals surface area contributed by atoms with Gasteiger partial charge in [-0.1, -0.05) is 80.6 Å². The zero-order valence-electron chi connectivity index (χ0n) is 46.4. The average molecular weight is 1180 g/mol. The molecule has 23 heteroatoms. The fraction of sp³-hybridized carbons (Fsp3) is 0.433. The zero-order chi connectivity index (χ0) is 58.9. The average Bonchev–Trinajstić information content (AvgIpc) is 3.96. The van der Waals surface area contributed by atoms with Crippen molar-refractivity contribution in [3.05, 3.63) is 122 Å². The number of fused-ring (bicyclic) bond motifs is 2. The molecule has 0 saturated carbocycles. The summed E-state index contributed by atoms with van der Waals surface area (Å²) in [6, 6.07) is 18.0. The molecule has 10 rings (SSSR count). The number of hydrogen-bond donors (Lipinski definition) is 3. The van der Waals surface area contributed by atoms with Crippen LogP contribution in [0.15, 0.2) is 83.1 Å². The summed E-state index contributed by atoms with van der Waals surface area (Å²) in [5, 5.41) is 40.0. The number of benzene rings is 3. The van der Waals surface area contributed by atoms with Crippen LogP contribution >= 0.6 is 22.9 Å². The minimum absolute atomic E-state index is 0.00366. The lowest BCUT2D eigenvalue weighted by atomic mass is 9.91. The van der Waals surface area contributed by atoms with Crippen LogP contribution in [-0.4, -0.2) is 152 Å². The number of nitriles is 1. The van der Waals surface area contributed by atoms with E-state index in [0.717, 1.165) is 21.7 Å². The number of alkyl halides is 1. The van der Waals surface area contributed by atoms with Crippen LogP contribution in [-0.2, 0) is 14.4 Å². The number of anilines is 1. The molecule has 3 saturated heterocycles. The maximum atomic E-state index is 17.3. The SMILES string of the molecule is C=C(F)C(=O)N1CCN(c2nc(OCCN3CCC(F)(COc4cc([C@H](C(=O)N5C[C@H](O)C[C@H]5C(=O)N[C@@H](C)c5ccc(-c6scnc6C)cc5)C(C)C)on4)CC3)nc3c(F)c(C4=c5ccccc5=C[C@@H](O)C4)c(Cl)cc23)C[C@@H]1CC#N. The molecule has 3 fully saturated rings. The zero-order valence-corrected chi connectivity index (χ0v) is 47.9. The molecule has 3 aliphatic heterocycles. The van der Waals surface area contributed by atoms with Crippen LogP contribution in [0.1, 0.15) is 87.4 Å². The van der Waals surface area contributed by atoms with E-state index in [2.05, 4.69) is 33.1 Å². The molecule has 3 aromatic carbocycles. The summed E-state index contributed by atoms with van der Waals surface area (Å²) in [6.45, 7) is 11.4. The van der Waals surface area contributed by atoms with Gasteiger partial charge >= 0.3 is 6.01 Å². The third-order valence-electron chi connectivity index (χ3n) is 16.1. The number of aryl methyl sites for hydroxylation is 1. The predicted molar refractivity (Wildman–Crippen MR) is 306 cm³/mol. The number of carbonyl (C=O) groups is 3. The van der Waals surface area contributed by atoms with Crippen molar-refractivity contribution in [3.8, 4) is 28.4 Å². The standard InChI is InChI=1S/C60H64ClF3N10O8S/c1-33(2)50(58(79)74-30-42(76)26-47(74)56(77)67-35(4)37-10-12-38(13-11-37)54-36(5)66-32-83-54)48-28-49(70-82-48)81-31-60(64)15-18-71(19-16-60)22-23-80-59-68-53-45(55(69-59)72-20-21-73(57(78)34(3)62)40(29-72)14-17-65)27-46(61)51(52(53)63)44-25-41(75)24-39-8-6-7-9-43(39)44/h6-13,24,27-28,32-33,35,40-42,47,50,75-76H,3,14-16,18-23,25-26,29-31H2,1-2,4-5H3,(H,67,77)/t35-,40-,41+,42+,47-,50+/m0/s1. The lowest BCUT2D eigenvalue weighted by molar-refractivity contribution is -0.141. The molecule has 0 bridgehead atoms. The highest BCUT2D eigenvalue weighted by Crippen LogP contribution is 2.40. The third-order valence-corrected chi connectivity index (χ3v) is 17.4. The quantitative estimate of drug-likeness (QED) is 0.0750. The van der Waals surface area contributed by atoms with E-state index in [1.165, 1.54) is 15.9 Å². The van der Waals surface area contributed by atoms with E-state index in [-0.39, 0.29) is 128 Å². The van der Waals surface area contributed by atoms with Crippen LogP contribution in [0, 0.1) is 30.0 Å². The smallest absolute Gasteiger partial charge is 0.319 e. The van der Waals surface area contributed by atoms with E-state index in [1.807, 2.05) is 81.1 Å². The summed E-state index contributed by atoms with van der Waals surface area (Å²) >= 11 is 8.50. The van der Waals surface area contributed by atoms with Gasteiger partial charge in [-0.15, -0.1) is 11.3 Å². The minimum atomic E-state index is -1.75. The maximum Gasteiger partial charge on any atom is 0.319 e. The van der Waals surface area contributed by atoms with Crippen molar-refractivity contribution in [2.75, 3.05) is 63.9 Å². The summed E-state index contributed by atoms with van der Waals surface area (Å²) in [7, 11) is 0. The largest absolute Gasteiger partial charge is 0.472 e. The second-order valence-corrected chi connectivity index (χ2v) is 23.3. The Hall–Kier alpha value is -7.42. The number of nitrogens with one attached hydrogen (secondary N) is 1. The Morgan fingerprint density at radius 2 is 1.78 bits per heavy atom. The Morgan fingerprint density at radius 3 is 2.49 bits per heavy atom. The second-order valence-electron chi connectivity index (χ2n) is 22.1. The molecule has 3 aromatic heterocycles. The Labute approximate surface area is 486 Å². The number of halogens is 4. The van der Waals surface area contributed by atoms with Crippen molar-refractivity contribution >= 4 is 69.0 Å². The first-order valence-corrected chi connectivity index (χ1v) is 28.9. The topological polar surface area (TPSA) is 224 Å². The lowest BCUT2D eigenvalue weighted by Crippen LogP contribution is -2.55. The number of likely N-dealkylation sites (tertiary alicyclic amines) is 2. The molecule has 18 nitrogen and oxygen atoms in total. The number of piperazine rings is 1.